The van der Waals surface area contributed by atoms with Crippen molar-refractivity contribution in [3.8, 4) is 5.75 Å². The van der Waals surface area contributed by atoms with Gasteiger partial charge in [0.05, 0.1) is 12.8 Å². The topological polar surface area (TPSA) is 24.5 Å². The summed E-state index contributed by atoms with van der Waals surface area (Å²) in [5.74, 6) is 0.963. The van der Waals surface area contributed by atoms with Crippen molar-refractivity contribution in [1.29, 1.82) is 0 Å². The van der Waals surface area contributed by atoms with Gasteiger partial charge in [-0.3, -0.25) is 0 Å². The predicted molar refractivity (Wildman–Crippen MR) is 66.5 cm³/mol. The Labute approximate surface area is 96.4 Å². The van der Waals surface area contributed by atoms with E-state index in [1.54, 1.807) is 7.11 Å². The van der Waals surface area contributed by atoms with Crippen LogP contribution in [0.4, 0.5) is 11.4 Å². The number of fused-ring (bicyclic) bond motifs is 1. The van der Waals surface area contributed by atoms with Crippen molar-refractivity contribution in [3.05, 3.63) is 18.2 Å². The summed E-state index contributed by atoms with van der Waals surface area (Å²) in [6.07, 6.45) is 3.89. The van der Waals surface area contributed by atoms with Gasteiger partial charge in [-0.25, -0.2) is 0 Å². The van der Waals surface area contributed by atoms with E-state index in [0.29, 0.717) is 0 Å². The SMILES string of the molecule is COc1cccc2c1NCCCN2C1CC1. The molecule has 1 aromatic carbocycles. The summed E-state index contributed by atoms with van der Waals surface area (Å²) in [6.45, 7) is 2.20. The zero-order valence-electron chi connectivity index (χ0n) is 9.70. The fourth-order valence-electron chi connectivity index (χ4n) is 2.46. The van der Waals surface area contributed by atoms with Crippen molar-refractivity contribution in [1.82, 2.24) is 0 Å². The third kappa shape index (κ3) is 1.60. The maximum atomic E-state index is 5.43. The third-order valence-corrected chi connectivity index (χ3v) is 3.40. The molecule has 1 aromatic rings. The Hall–Kier alpha value is -1.38. The number of benzene rings is 1. The zero-order chi connectivity index (χ0) is 11.0. The van der Waals surface area contributed by atoms with Gasteiger partial charge in [-0.05, 0) is 31.4 Å². The van der Waals surface area contributed by atoms with Gasteiger partial charge in [0.25, 0.3) is 0 Å². The molecule has 0 aromatic heterocycles. The van der Waals surface area contributed by atoms with Crippen molar-refractivity contribution in [3.63, 3.8) is 0 Å². The molecule has 0 radical (unpaired) electrons. The first-order valence-electron chi connectivity index (χ1n) is 6.07. The first-order valence-corrected chi connectivity index (χ1v) is 6.07. The zero-order valence-corrected chi connectivity index (χ0v) is 9.70. The Bertz CT molecular complexity index is 388. The number of para-hydroxylation sites is 1. The Kier molecular flexibility index (Phi) is 2.39. The predicted octanol–water partition coefficient (Wildman–Crippen LogP) is 2.48. The normalized spacial score (nSPS) is 19.7. The van der Waals surface area contributed by atoms with E-state index in [1.807, 2.05) is 6.07 Å². The average molecular weight is 218 g/mol. The first-order chi connectivity index (χ1) is 7.90. The monoisotopic (exact) mass is 218 g/mol. The standard InChI is InChI=1S/C13H18N2O/c1-16-12-5-2-4-11-13(12)14-8-3-9-15(11)10-6-7-10/h2,4-5,10,14H,3,6-9H2,1H3. The second-order valence-electron chi connectivity index (χ2n) is 4.56. The van der Waals surface area contributed by atoms with Crippen molar-refractivity contribution in [2.75, 3.05) is 30.4 Å². The molecule has 0 spiro atoms. The summed E-state index contributed by atoms with van der Waals surface area (Å²) in [4.78, 5) is 2.54. The van der Waals surface area contributed by atoms with Crippen LogP contribution in [0.2, 0.25) is 0 Å². The maximum absolute atomic E-state index is 5.43. The minimum atomic E-state index is 0.769. The van der Waals surface area contributed by atoms with Crippen molar-refractivity contribution >= 4 is 11.4 Å². The molecule has 3 heteroatoms. The molecule has 86 valence electrons. The lowest BCUT2D eigenvalue weighted by Gasteiger charge is -2.24. The minimum Gasteiger partial charge on any atom is -0.495 e. The lowest BCUT2D eigenvalue weighted by molar-refractivity contribution is 0.416. The van der Waals surface area contributed by atoms with Gasteiger partial charge in [-0.2, -0.15) is 0 Å². The number of methoxy groups -OCH3 is 1. The smallest absolute Gasteiger partial charge is 0.144 e. The van der Waals surface area contributed by atoms with Crippen molar-refractivity contribution < 1.29 is 4.74 Å². The summed E-state index contributed by atoms with van der Waals surface area (Å²) < 4.78 is 5.43. The van der Waals surface area contributed by atoms with E-state index in [0.717, 1.165) is 24.9 Å². The van der Waals surface area contributed by atoms with E-state index in [4.69, 9.17) is 4.74 Å². The fourth-order valence-corrected chi connectivity index (χ4v) is 2.46. The van der Waals surface area contributed by atoms with E-state index < -0.39 is 0 Å². The summed E-state index contributed by atoms with van der Waals surface area (Å²) >= 11 is 0. The molecule has 1 N–H and O–H groups in total. The maximum Gasteiger partial charge on any atom is 0.144 e. The molecule has 1 heterocycles. The highest BCUT2D eigenvalue weighted by atomic mass is 16.5. The van der Waals surface area contributed by atoms with Crippen molar-refractivity contribution in [2.24, 2.45) is 0 Å². The molecule has 1 saturated carbocycles. The molecule has 3 nitrogen and oxygen atoms in total. The van der Waals surface area contributed by atoms with E-state index >= 15 is 0 Å². The van der Waals surface area contributed by atoms with Gasteiger partial charge < -0.3 is 15.0 Å². The minimum absolute atomic E-state index is 0.769. The van der Waals surface area contributed by atoms with E-state index in [2.05, 4.69) is 22.3 Å². The first kappa shape index (κ1) is 9.82. The van der Waals surface area contributed by atoms with Crippen LogP contribution in [0.3, 0.4) is 0 Å². The largest absolute Gasteiger partial charge is 0.495 e. The second kappa shape index (κ2) is 3.89. The molecule has 1 aliphatic carbocycles. The van der Waals surface area contributed by atoms with Gasteiger partial charge in [0.1, 0.15) is 11.4 Å². The van der Waals surface area contributed by atoms with E-state index in [1.165, 1.54) is 30.6 Å². The molecule has 16 heavy (non-hydrogen) atoms. The molecule has 2 aliphatic rings. The van der Waals surface area contributed by atoms with Gasteiger partial charge in [0, 0.05) is 19.1 Å². The van der Waals surface area contributed by atoms with Crippen LogP contribution in [-0.2, 0) is 0 Å². The number of ether oxygens (including phenoxy) is 1. The highest BCUT2D eigenvalue weighted by Gasteiger charge is 2.31. The summed E-state index contributed by atoms with van der Waals surface area (Å²) in [5.41, 5.74) is 2.49. The van der Waals surface area contributed by atoms with Crippen LogP contribution in [0.15, 0.2) is 18.2 Å². The molecule has 1 fully saturated rings. The lowest BCUT2D eigenvalue weighted by Crippen LogP contribution is -2.26. The molecule has 0 atom stereocenters. The quantitative estimate of drug-likeness (QED) is 0.825. The molecular formula is C13H18N2O. The van der Waals surface area contributed by atoms with Crippen LogP contribution in [0.25, 0.3) is 0 Å². The van der Waals surface area contributed by atoms with Crippen LogP contribution in [0, 0.1) is 0 Å². The van der Waals surface area contributed by atoms with Gasteiger partial charge in [-0.1, -0.05) is 6.07 Å². The second-order valence-corrected chi connectivity index (χ2v) is 4.56. The van der Waals surface area contributed by atoms with Gasteiger partial charge in [0.15, 0.2) is 0 Å². The molecule has 0 saturated heterocycles. The highest BCUT2D eigenvalue weighted by Crippen LogP contribution is 2.41. The fraction of sp³-hybridized carbons (Fsp3) is 0.538. The van der Waals surface area contributed by atoms with Crippen LogP contribution in [-0.4, -0.2) is 26.2 Å². The number of nitrogens with one attached hydrogen (secondary N) is 1. The van der Waals surface area contributed by atoms with Crippen LogP contribution in [0.1, 0.15) is 19.3 Å². The molecule has 0 amide bonds. The van der Waals surface area contributed by atoms with Crippen molar-refractivity contribution in [2.45, 2.75) is 25.3 Å². The average Bonchev–Trinajstić information content (AvgIpc) is 3.13. The molecule has 0 bridgehead atoms. The molecule has 3 rings (SSSR count). The van der Waals surface area contributed by atoms with Crippen LogP contribution in [0.5, 0.6) is 5.75 Å². The summed E-state index contributed by atoms with van der Waals surface area (Å²) in [5, 5.41) is 3.49. The Morgan fingerprint density at radius 1 is 1.38 bits per heavy atom. The van der Waals surface area contributed by atoms with E-state index in [9.17, 15) is 0 Å². The Morgan fingerprint density at radius 2 is 2.25 bits per heavy atom. The number of rotatable bonds is 2. The van der Waals surface area contributed by atoms with Crippen LogP contribution >= 0.6 is 0 Å². The number of hydrogen-bond acceptors (Lipinski definition) is 3. The summed E-state index contributed by atoms with van der Waals surface area (Å²) in [6, 6.07) is 7.09. The van der Waals surface area contributed by atoms with Gasteiger partial charge >= 0.3 is 0 Å². The van der Waals surface area contributed by atoms with Gasteiger partial charge in [0.2, 0.25) is 0 Å². The molecular weight excluding hydrogens is 200 g/mol. The van der Waals surface area contributed by atoms with Gasteiger partial charge in [-0.15, -0.1) is 0 Å². The highest BCUT2D eigenvalue weighted by molar-refractivity contribution is 5.77. The Balaban J connectivity index is 2.03. The molecule has 1 aliphatic heterocycles. The number of nitrogens with zero attached hydrogens (tertiary/aromatic N) is 1. The van der Waals surface area contributed by atoms with E-state index in [-0.39, 0.29) is 0 Å². The number of hydrogen-bond donors (Lipinski definition) is 1. The van der Waals surface area contributed by atoms with Crippen LogP contribution < -0.4 is 15.0 Å². The summed E-state index contributed by atoms with van der Waals surface area (Å²) in [7, 11) is 1.74. The third-order valence-electron chi connectivity index (χ3n) is 3.40. The molecule has 0 unspecified atom stereocenters. The Morgan fingerprint density at radius 3 is 3.00 bits per heavy atom. The number of anilines is 2. The lowest BCUT2D eigenvalue weighted by atomic mass is 10.2.